The van der Waals surface area contributed by atoms with Crippen molar-refractivity contribution in [2.24, 2.45) is 11.1 Å². The Kier molecular flexibility index (Phi) is 4.48. The highest BCUT2D eigenvalue weighted by atomic mass is 16.5. The minimum Gasteiger partial charge on any atom is -0.493 e. The van der Waals surface area contributed by atoms with Crippen molar-refractivity contribution in [2.75, 3.05) is 26.7 Å². The predicted octanol–water partition coefficient (Wildman–Crippen LogP) is 2.43. The second-order valence-corrected chi connectivity index (χ2v) is 6.43. The molecule has 0 fully saturated rings. The molecule has 1 aliphatic heterocycles. The molecule has 0 saturated heterocycles. The molecule has 0 aromatic heterocycles. The maximum Gasteiger partial charge on any atom is 0.122 e. The fourth-order valence-corrected chi connectivity index (χ4v) is 2.67. The van der Waals surface area contributed by atoms with E-state index in [1.807, 2.05) is 0 Å². The van der Waals surface area contributed by atoms with Gasteiger partial charge in [-0.1, -0.05) is 26.0 Å². The Hall–Kier alpha value is -1.06. The molecule has 2 N–H and O–H groups in total. The van der Waals surface area contributed by atoms with Crippen molar-refractivity contribution in [3.8, 4) is 5.75 Å². The Morgan fingerprint density at radius 2 is 2.16 bits per heavy atom. The van der Waals surface area contributed by atoms with Crippen LogP contribution in [-0.4, -0.2) is 31.6 Å². The Balaban J connectivity index is 1.99. The molecule has 2 rings (SSSR count). The number of aryl methyl sites for hydroxylation is 1. The van der Waals surface area contributed by atoms with Crippen LogP contribution in [0.2, 0.25) is 0 Å². The molecule has 0 bridgehead atoms. The first-order valence-corrected chi connectivity index (χ1v) is 7.13. The summed E-state index contributed by atoms with van der Waals surface area (Å²) in [7, 11) is 2.16. The van der Waals surface area contributed by atoms with E-state index in [-0.39, 0.29) is 5.41 Å². The average Bonchev–Trinajstić information content (AvgIpc) is 2.38. The standard InChI is InChI=1S/C16H26N2O/c1-16(2,11-17)12-18(3)10-13-6-7-15-14(9-13)5-4-8-19-15/h6-7,9H,4-5,8,10-12,17H2,1-3H3. The van der Waals surface area contributed by atoms with E-state index >= 15 is 0 Å². The van der Waals surface area contributed by atoms with Gasteiger partial charge in [-0.15, -0.1) is 0 Å². The summed E-state index contributed by atoms with van der Waals surface area (Å²) in [6.07, 6.45) is 2.27. The van der Waals surface area contributed by atoms with Crippen LogP contribution in [0.15, 0.2) is 18.2 Å². The molecule has 3 nitrogen and oxygen atoms in total. The zero-order chi connectivity index (χ0) is 13.9. The Morgan fingerprint density at radius 3 is 2.89 bits per heavy atom. The van der Waals surface area contributed by atoms with Crippen LogP contribution < -0.4 is 10.5 Å². The van der Waals surface area contributed by atoms with Gasteiger partial charge in [-0.3, -0.25) is 0 Å². The third-order valence-electron chi connectivity index (χ3n) is 3.68. The summed E-state index contributed by atoms with van der Waals surface area (Å²) in [5.41, 5.74) is 8.69. The molecule has 0 spiro atoms. The molecule has 0 amide bonds. The Bertz CT molecular complexity index is 429. The average molecular weight is 262 g/mol. The van der Waals surface area contributed by atoms with Crippen LogP contribution in [0.3, 0.4) is 0 Å². The molecule has 1 aliphatic rings. The molecule has 0 unspecified atom stereocenters. The highest BCUT2D eigenvalue weighted by molar-refractivity contribution is 5.38. The van der Waals surface area contributed by atoms with Crippen LogP contribution in [-0.2, 0) is 13.0 Å². The van der Waals surface area contributed by atoms with Crippen LogP contribution >= 0.6 is 0 Å². The number of hydrogen-bond acceptors (Lipinski definition) is 3. The lowest BCUT2D eigenvalue weighted by Gasteiger charge is -2.29. The van der Waals surface area contributed by atoms with Gasteiger partial charge >= 0.3 is 0 Å². The van der Waals surface area contributed by atoms with Crippen LogP contribution in [0.25, 0.3) is 0 Å². The van der Waals surface area contributed by atoms with Gasteiger partial charge in [0.25, 0.3) is 0 Å². The molecule has 0 saturated carbocycles. The molecule has 1 aromatic rings. The van der Waals surface area contributed by atoms with E-state index < -0.39 is 0 Å². The SMILES string of the molecule is CN(Cc1ccc2c(c1)CCCO2)CC(C)(C)CN. The van der Waals surface area contributed by atoms with Crippen LogP contribution in [0, 0.1) is 5.41 Å². The first-order valence-electron chi connectivity index (χ1n) is 7.13. The molecule has 1 heterocycles. The van der Waals surface area contributed by atoms with E-state index in [4.69, 9.17) is 10.5 Å². The lowest BCUT2D eigenvalue weighted by Crippen LogP contribution is -2.36. The smallest absolute Gasteiger partial charge is 0.122 e. The number of ether oxygens (including phenoxy) is 1. The molecular weight excluding hydrogens is 236 g/mol. The first kappa shape index (κ1) is 14.4. The summed E-state index contributed by atoms with van der Waals surface area (Å²) in [6, 6.07) is 6.59. The number of hydrogen-bond donors (Lipinski definition) is 1. The first-order chi connectivity index (χ1) is 9.00. The van der Waals surface area contributed by atoms with Gasteiger partial charge in [0.1, 0.15) is 5.75 Å². The van der Waals surface area contributed by atoms with Gasteiger partial charge in [-0.25, -0.2) is 0 Å². The molecule has 3 heteroatoms. The number of nitrogens with two attached hydrogens (primary N) is 1. The van der Waals surface area contributed by atoms with Crippen LogP contribution in [0.1, 0.15) is 31.4 Å². The van der Waals surface area contributed by atoms with E-state index in [2.05, 4.69) is 44.0 Å². The van der Waals surface area contributed by atoms with E-state index in [9.17, 15) is 0 Å². The summed E-state index contributed by atoms with van der Waals surface area (Å²) < 4.78 is 5.65. The summed E-state index contributed by atoms with van der Waals surface area (Å²) in [5, 5.41) is 0. The molecule has 106 valence electrons. The summed E-state index contributed by atoms with van der Waals surface area (Å²) in [4.78, 5) is 2.35. The molecule has 0 atom stereocenters. The van der Waals surface area contributed by atoms with Crippen molar-refractivity contribution in [2.45, 2.75) is 33.2 Å². The normalized spacial score (nSPS) is 15.2. The fourth-order valence-electron chi connectivity index (χ4n) is 2.67. The van der Waals surface area contributed by atoms with Gasteiger partial charge in [-0.2, -0.15) is 0 Å². The van der Waals surface area contributed by atoms with Gasteiger partial charge < -0.3 is 15.4 Å². The molecule has 0 aliphatic carbocycles. The lowest BCUT2D eigenvalue weighted by molar-refractivity contribution is 0.209. The van der Waals surface area contributed by atoms with Crippen molar-refractivity contribution in [3.63, 3.8) is 0 Å². The van der Waals surface area contributed by atoms with E-state index in [1.54, 1.807) is 0 Å². The monoisotopic (exact) mass is 262 g/mol. The molecule has 1 aromatic carbocycles. The third kappa shape index (κ3) is 3.95. The number of benzene rings is 1. The minimum atomic E-state index is 0.173. The second-order valence-electron chi connectivity index (χ2n) is 6.43. The van der Waals surface area contributed by atoms with Gasteiger partial charge in [-0.05, 0) is 49.0 Å². The van der Waals surface area contributed by atoms with Gasteiger partial charge in [0.15, 0.2) is 0 Å². The zero-order valence-corrected chi connectivity index (χ0v) is 12.4. The predicted molar refractivity (Wildman–Crippen MR) is 79.4 cm³/mol. The topological polar surface area (TPSA) is 38.5 Å². The number of fused-ring (bicyclic) bond motifs is 1. The zero-order valence-electron chi connectivity index (χ0n) is 12.4. The lowest BCUT2D eigenvalue weighted by atomic mass is 9.93. The highest BCUT2D eigenvalue weighted by Gasteiger charge is 2.18. The number of nitrogens with zero attached hydrogens (tertiary/aromatic N) is 1. The molecule has 0 radical (unpaired) electrons. The summed E-state index contributed by atoms with van der Waals surface area (Å²) in [5.74, 6) is 1.07. The minimum absolute atomic E-state index is 0.173. The summed E-state index contributed by atoms with van der Waals surface area (Å²) in [6.45, 7) is 7.98. The van der Waals surface area contributed by atoms with E-state index in [0.717, 1.165) is 44.8 Å². The number of rotatable bonds is 5. The second kappa shape index (κ2) is 5.93. The summed E-state index contributed by atoms with van der Waals surface area (Å²) >= 11 is 0. The largest absolute Gasteiger partial charge is 0.493 e. The van der Waals surface area contributed by atoms with Gasteiger partial charge in [0, 0.05) is 13.1 Å². The Labute approximate surface area is 116 Å². The molecule has 19 heavy (non-hydrogen) atoms. The van der Waals surface area contributed by atoms with Crippen molar-refractivity contribution in [3.05, 3.63) is 29.3 Å². The van der Waals surface area contributed by atoms with Crippen molar-refractivity contribution >= 4 is 0 Å². The maximum absolute atomic E-state index is 5.80. The van der Waals surface area contributed by atoms with Crippen molar-refractivity contribution in [1.82, 2.24) is 4.90 Å². The van der Waals surface area contributed by atoms with Gasteiger partial charge in [0.05, 0.1) is 6.61 Å². The Morgan fingerprint density at radius 1 is 1.37 bits per heavy atom. The van der Waals surface area contributed by atoms with Crippen molar-refractivity contribution in [1.29, 1.82) is 0 Å². The third-order valence-corrected chi connectivity index (χ3v) is 3.68. The van der Waals surface area contributed by atoms with E-state index in [1.165, 1.54) is 11.1 Å². The van der Waals surface area contributed by atoms with Crippen LogP contribution in [0.4, 0.5) is 0 Å². The van der Waals surface area contributed by atoms with Crippen molar-refractivity contribution < 1.29 is 4.74 Å². The quantitative estimate of drug-likeness (QED) is 0.885. The van der Waals surface area contributed by atoms with Crippen LogP contribution in [0.5, 0.6) is 5.75 Å². The van der Waals surface area contributed by atoms with Gasteiger partial charge in [0.2, 0.25) is 0 Å². The fraction of sp³-hybridized carbons (Fsp3) is 0.625. The molecular formula is C16H26N2O. The maximum atomic E-state index is 5.80. The highest BCUT2D eigenvalue weighted by Crippen LogP contribution is 2.26. The van der Waals surface area contributed by atoms with E-state index in [0.29, 0.717) is 0 Å².